The van der Waals surface area contributed by atoms with E-state index in [4.69, 9.17) is 14.8 Å². The summed E-state index contributed by atoms with van der Waals surface area (Å²) in [5, 5.41) is 9.59. The molecule has 2 aromatic heterocycles. The van der Waals surface area contributed by atoms with Crippen LogP contribution in [0.15, 0.2) is 76.3 Å². The number of aryl methyl sites for hydroxylation is 2. The Morgan fingerprint density at radius 1 is 1.15 bits per heavy atom. The molecule has 0 bridgehead atoms. The molecule has 4 aromatic rings. The molecule has 0 saturated heterocycles. The molecule has 164 valence electrons. The first-order chi connectivity index (χ1) is 16.1. The minimum Gasteiger partial charge on any atom is -0.482 e. The van der Waals surface area contributed by atoms with E-state index in [-0.39, 0.29) is 12.5 Å². The van der Waals surface area contributed by atoms with Crippen LogP contribution < -0.4 is 14.9 Å². The molecule has 2 aromatic carbocycles. The van der Waals surface area contributed by atoms with Crippen molar-refractivity contribution in [3.8, 4) is 17.0 Å². The van der Waals surface area contributed by atoms with E-state index < -0.39 is 0 Å². The van der Waals surface area contributed by atoms with Gasteiger partial charge in [-0.3, -0.25) is 9.78 Å². The minimum atomic E-state index is -0.170. The third kappa shape index (κ3) is 4.47. The van der Waals surface area contributed by atoms with Crippen molar-refractivity contribution >= 4 is 34.8 Å². The maximum absolute atomic E-state index is 11.8. The summed E-state index contributed by atoms with van der Waals surface area (Å²) in [5.74, 6) is 0.481. The standard InChI is InChI=1S/C25H21N5O2S/c1-16-6-7-17(2)20(11-16)29-25-30(27-13-19-5-3-4-10-26-19)22(15-33-25)18-8-9-23-21(12-18)28-24(31)14-32-23/h3-13,15H,14H2,1-2H3,(H,28,31). The smallest absolute Gasteiger partial charge is 0.262 e. The van der Waals surface area contributed by atoms with E-state index in [1.165, 1.54) is 11.3 Å². The van der Waals surface area contributed by atoms with Gasteiger partial charge in [0.15, 0.2) is 6.61 Å². The second-order valence-electron chi connectivity index (χ2n) is 7.66. The fourth-order valence-corrected chi connectivity index (χ4v) is 4.29. The molecular formula is C25H21N5O2S. The molecule has 0 spiro atoms. The lowest BCUT2D eigenvalue weighted by Crippen LogP contribution is -2.25. The highest BCUT2D eigenvalue weighted by molar-refractivity contribution is 7.07. The average Bonchev–Trinajstić information content (AvgIpc) is 3.22. The number of thiazole rings is 1. The highest BCUT2D eigenvalue weighted by Crippen LogP contribution is 2.33. The number of amides is 1. The Morgan fingerprint density at radius 2 is 2.06 bits per heavy atom. The number of ether oxygens (including phenoxy) is 1. The van der Waals surface area contributed by atoms with Gasteiger partial charge in [-0.15, -0.1) is 11.3 Å². The van der Waals surface area contributed by atoms with E-state index in [2.05, 4.69) is 35.4 Å². The third-order valence-corrected chi connectivity index (χ3v) is 5.98. The van der Waals surface area contributed by atoms with Gasteiger partial charge in [0.05, 0.1) is 29.0 Å². The predicted octanol–water partition coefficient (Wildman–Crippen LogP) is 4.67. The van der Waals surface area contributed by atoms with Crippen LogP contribution in [0.1, 0.15) is 16.8 Å². The fourth-order valence-electron chi connectivity index (χ4n) is 3.44. The van der Waals surface area contributed by atoms with Crippen LogP contribution in [0.3, 0.4) is 0 Å². The Labute approximate surface area is 194 Å². The van der Waals surface area contributed by atoms with Crippen LogP contribution in [-0.4, -0.2) is 28.4 Å². The van der Waals surface area contributed by atoms with Crippen molar-refractivity contribution in [1.82, 2.24) is 9.66 Å². The van der Waals surface area contributed by atoms with Crippen LogP contribution in [0.25, 0.3) is 11.3 Å². The van der Waals surface area contributed by atoms with Gasteiger partial charge in [-0.05, 0) is 61.4 Å². The number of fused-ring (bicyclic) bond motifs is 1. The Bertz CT molecular complexity index is 1440. The van der Waals surface area contributed by atoms with Gasteiger partial charge in [-0.1, -0.05) is 18.2 Å². The highest BCUT2D eigenvalue weighted by Gasteiger charge is 2.18. The summed E-state index contributed by atoms with van der Waals surface area (Å²) >= 11 is 1.50. The summed E-state index contributed by atoms with van der Waals surface area (Å²) in [6, 6.07) is 17.6. The van der Waals surface area contributed by atoms with E-state index >= 15 is 0 Å². The number of rotatable bonds is 4. The molecule has 0 radical (unpaired) electrons. The number of carbonyl (C=O) groups excluding carboxylic acids is 1. The van der Waals surface area contributed by atoms with Crippen molar-refractivity contribution in [2.45, 2.75) is 13.8 Å². The summed E-state index contributed by atoms with van der Waals surface area (Å²) in [6.45, 7) is 4.12. The zero-order chi connectivity index (χ0) is 22.8. The monoisotopic (exact) mass is 455 g/mol. The Hall–Kier alpha value is -4.04. The SMILES string of the molecule is Cc1ccc(C)c(N=c2scc(-c3ccc4c(c3)NC(=O)CO4)n2N=Cc2ccccn2)c1. The number of aromatic nitrogens is 2. The summed E-state index contributed by atoms with van der Waals surface area (Å²) in [6.07, 6.45) is 3.44. The maximum Gasteiger partial charge on any atom is 0.262 e. The number of nitrogens with one attached hydrogen (secondary N) is 1. The first-order valence-corrected chi connectivity index (χ1v) is 11.3. The number of benzene rings is 2. The molecule has 33 heavy (non-hydrogen) atoms. The van der Waals surface area contributed by atoms with Gasteiger partial charge in [0.2, 0.25) is 4.80 Å². The number of pyridine rings is 1. The first kappa shape index (κ1) is 20.8. The second-order valence-corrected chi connectivity index (χ2v) is 8.50. The average molecular weight is 456 g/mol. The number of anilines is 1. The second kappa shape index (κ2) is 8.84. The van der Waals surface area contributed by atoms with Gasteiger partial charge in [0.1, 0.15) is 5.75 Å². The number of hydrogen-bond acceptors (Lipinski definition) is 6. The molecule has 1 amide bonds. The van der Waals surface area contributed by atoms with Gasteiger partial charge in [-0.2, -0.15) is 5.10 Å². The Balaban J connectivity index is 1.65. The van der Waals surface area contributed by atoms with Crippen LogP contribution >= 0.6 is 11.3 Å². The molecule has 1 aliphatic rings. The van der Waals surface area contributed by atoms with E-state index in [0.717, 1.165) is 38.6 Å². The van der Waals surface area contributed by atoms with Crippen molar-refractivity contribution in [3.05, 3.63) is 87.8 Å². The largest absolute Gasteiger partial charge is 0.482 e. The van der Waals surface area contributed by atoms with Gasteiger partial charge in [0, 0.05) is 17.1 Å². The number of nitrogens with zero attached hydrogens (tertiary/aromatic N) is 4. The quantitative estimate of drug-likeness (QED) is 0.454. The molecule has 8 heteroatoms. The van der Waals surface area contributed by atoms with Crippen molar-refractivity contribution in [2.75, 3.05) is 11.9 Å². The molecule has 0 atom stereocenters. The maximum atomic E-state index is 11.8. The summed E-state index contributed by atoms with van der Waals surface area (Å²) in [5.41, 5.74) is 6.25. The normalized spacial score (nSPS) is 13.6. The van der Waals surface area contributed by atoms with E-state index in [9.17, 15) is 4.79 Å². The zero-order valence-corrected chi connectivity index (χ0v) is 19.0. The van der Waals surface area contributed by atoms with E-state index in [0.29, 0.717) is 11.4 Å². The van der Waals surface area contributed by atoms with Gasteiger partial charge >= 0.3 is 0 Å². The van der Waals surface area contributed by atoms with Crippen molar-refractivity contribution < 1.29 is 9.53 Å². The van der Waals surface area contributed by atoms with Gasteiger partial charge in [-0.25, -0.2) is 9.67 Å². The molecule has 0 aliphatic carbocycles. The molecule has 1 aliphatic heterocycles. The molecule has 0 fully saturated rings. The van der Waals surface area contributed by atoms with Crippen LogP contribution in [0.5, 0.6) is 5.75 Å². The highest BCUT2D eigenvalue weighted by atomic mass is 32.1. The minimum absolute atomic E-state index is 0.0258. The zero-order valence-electron chi connectivity index (χ0n) is 18.1. The van der Waals surface area contributed by atoms with Crippen LogP contribution in [0.4, 0.5) is 11.4 Å². The van der Waals surface area contributed by atoms with Crippen LogP contribution in [0, 0.1) is 13.8 Å². The van der Waals surface area contributed by atoms with Gasteiger partial charge in [0.25, 0.3) is 5.91 Å². The van der Waals surface area contributed by atoms with Crippen molar-refractivity contribution in [2.24, 2.45) is 10.1 Å². The summed E-state index contributed by atoms with van der Waals surface area (Å²) in [7, 11) is 0. The molecular weight excluding hydrogens is 434 g/mol. The summed E-state index contributed by atoms with van der Waals surface area (Å²) < 4.78 is 7.30. The topological polar surface area (TPSA) is 80.9 Å². The van der Waals surface area contributed by atoms with Crippen LogP contribution in [0.2, 0.25) is 0 Å². The first-order valence-electron chi connectivity index (χ1n) is 10.4. The van der Waals surface area contributed by atoms with Crippen LogP contribution in [-0.2, 0) is 4.79 Å². The Morgan fingerprint density at radius 3 is 2.91 bits per heavy atom. The molecule has 1 N–H and O–H groups in total. The third-order valence-electron chi connectivity index (χ3n) is 5.17. The fraction of sp³-hybridized carbons (Fsp3) is 0.120. The molecule has 0 saturated carbocycles. The Kier molecular flexibility index (Phi) is 5.58. The van der Waals surface area contributed by atoms with E-state index in [1.54, 1.807) is 17.1 Å². The molecule has 7 nitrogen and oxygen atoms in total. The predicted molar refractivity (Wildman–Crippen MR) is 130 cm³/mol. The number of hydrogen-bond donors (Lipinski definition) is 1. The van der Waals surface area contributed by atoms with Crippen molar-refractivity contribution in [3.63, 3.8) is 0 Å². The molecule has 5 rings (SSSR count). The van der Waals surface area contributed by atoms with Crippen molar-refractivity contribution in [1.29, 1.82) is 0 Å². The number of carbonyl (C=O) groups is 1. The lowest BCUT2D eigenvalue weighted by Gasteiger charge is -2.18. The van der Waals surface area contributed by atoms with Gasteiger partial charge < -0.3 is 10.1 Å². The summed E-state index contributed by atoms with van der Waals surface area (Å²) in [4.78, 5) is 21.8. The lowest BCUT2D eigenvalue weighted by atomic mass is 10.1. The lowest BCUT2D eigenvalue weighted by molar-refractivity contribution is -0.118. The molecule has 0 unspecified atom stereocenters. The molecule has 3 heterocycles. The van der Waals surface area contributed by atoms with E-state index in [1.807, 2.05) is 48.7 Å².